The van der Waals surface area contributed by atoms with E-state index in [0.717, 1.165) is 31.5 Å². The van der Waals surface area contributed by atoms with Gasteiger partial charge in [0.15, 0.2) is 0 Å². The third-order valence-electron chi connectivity index (χ3n) is 5.56. The minimum absolute atomic E-state index is 0.0320. The third-order valence-corrected chi connectivity index (χ3v) is 5.56. The van der Waals surface area contributed by atoms with Gasteiger partial charge >= 0.3 is 5.97 Å². The van der Waals surface area contributed by atoms with E-state index in [1.54, 1.807) is 18.2 Å². The van der Waals surface area contributed by atoms with Crippen molar-refractivity contribution in [1.29, 1.82) is 5.26 Å². The number of aromatic nitrogens is 2. The molecule has 2 heterocycles. The molecule has 0 atom stereocenters. The van der Waals surface area contributed by atoms with E-state index in [9.17, 15) is 10.1 Å². The second-order valence-corrected chi connectivity index (χ2v) is 8.42. The van der Waals surface area contributed by atoms with E-state index < -0.39 is 5.97 Å². The molecule has 4 rings (SSSR count). The van der Waals surface area contributed by atoms with Gasteiger partial charge in [0.25, 0.3) is 5.89 Å². The highest BCUT2D eigenvalue weighted by atomic mass is 16.5. The fraction of sp³-hybridized carbons (Fsp3) is 0.360. The van der Waals surface area contributed by atoms with Crippen LogP contribution in [-0.4, -0.2) is 45.3 Å². The topological polar surface area (TPSA) is 112 Å². The maximum absolute atomic E-state index is 10.9. The highest BCUT2D eigenvalue weighted by Crippen LogP contribution is 2.29. The smallest absolute Gasteiger partial charge is 0.304 e. The molecule has 1 N–H and O–H groups in total. The number of hydrogen-bond donors (Lipinski definition) is 1. The van der Waals surface area contributed by atoms with Gasteiger partial charge in [-0.1, -0.05) is 17.3 Å². The van der Waals surface area contributed by atoms with Crippen molar-refractivity contribution in [2.75, 3.05) is 13.1 Å². The van der Waals surface area contributed by atoms with E-state index in [-0.39, 0.29) is 12.5 Å². The number of fused-ring (bicyclic) bond motifs is 1. The highest BCUT2D eigenvalue weighted by molar-refractivity contribution is 5.67. The van der Waals surface area contributed by atoms with E-state index in [0.29, 0.717) is 35.1 Å². The molecule has 8 heteroatoms. The molecule has 8 nitrogen and oxygen atoms in total. The molecule has 0 saturated heterocycles. The molecule has 33 heavy (non-hydrogen) atoms. The average molecular weight is 447 g/mol. The summed E-state index contributed by atoms with van der Waals surface area (Å²) in [5.74, 6) is 0.582. The number of carbonyl (C=O) groups is 1. The number of rotatable bonds is 7. The number of benzene rings is 2. The standard InChI is InChI=1S/C25H26N4O4/c1-16(2)32-22-8-7-19(13-21(22)14-26)25-27-24(28-33-25)18-5-6-20-15-29(11-9-23(30)31)10-3-4-17(20)12-18/h5-8,12-13,16H,3-4,9-11,15H2,1-2H3,(H,30,31). The molecule has 0 aliphatic carbocycles. The lowest BCUT2D eigenvalue weighted by atomic mass is 10.0. The third kappa shape index (κ3) is 5.38. The number of ether oxygens (including phenoxy) is 1. The van der Waals surface area contributed by atoms with Gasteiger partial charge in [0, 0.05) is 24.2 Å². The molecule has 1 aromatic heterocycles. The van der Waals surface area contributed by atoms with Crippen LogP contribution in [0.3, 0.4) is 0 Å². The van der Waals surface area contributed by atoms with Crippen LogP contribution in [0.15, 0.2) is 40.9 Å². The Morgan fingerprint density at radius 2 is 2.06 bits per heavy atom. The van der Waals surface area contributed by atoms with Crippen molar-refractivity contribution in [2.45, 2.75) is 45.8 Å². The lowest BCUT2D eigenvalue weighted by Gasteiger charge is -2.19. The molecule has 3 aromatic rings. The monoisotopic (exact) mass is 446 g/mol. The summed E-state index contributed by atoms with van der Waals surface area (Å²) in [7, 11) is 0. The van der Waals surface area contributed by atoms with E-state index in [1.807, 2.05) is 19.9 Å². The fourth-order valence-electron chi connectivity index (χ4n) is 3.97. The molecule has 0 amide bonds. The minimum Gasteiger partial charge on any atom is -0.490 e. The van der Waals surface area contributed by atoms with Crippen molar-refractivity contribution in [3.05, 3.63) is 53.1 Å². The van der Waals surface area contributed by atoms with Crippen LogP contribution in [-0.2, 0) is 17.8 Å². The Balaban J connectivity index is 1.54. The summed E-state index contributed by atoms with van der Waals surface area (Å²) in [6, 6.07) is 13.5. The molecule has 1 aliphatic heterocycles. The summed E-state index contributed by atoms with van der Waals surface area (Å²) in [5, 5.41) is 22.6. The first kappa shape index (κ1) is 22.5. The van der Waals surface area contributed by atoms with E-state index in [1.165, 1.54) is 11.1 Å². The van der Waals surface area contributed by atoms with Crippen molar-refractivity contribution in [1.82, 2.24) is 15.0 Å². The van der Waals surface area contributed by atoms with Crippen LogP contribution in [0.25, 0.3) is 22.8 Å². The number of hydrogen-bond acceptors (Lipinski definition) is 7. The first-order valence-electron chi connectivity index (χ1n) is 11.0. The Hall–Kier alpha value is -3.70. The second kappa shape index (κ2) is 9.84. The van der Waals surface area contributed by atoms with Crippen molar-refractivity contribution >= 4 is 5.97 Å². The SMILES string of the molecule is CC(C)Oc1ccc(-c2nc(-c3ccc4c(c3)CCCN(CCC(=O)O)C4)no2)cc1C#N. The Kier molecular flexibility index (Phi) is 6.71. The average Bonchev–Trinajstić information content (AvgIpc) is 3.19. The summed E-state index contributed by atoms with van der Waals surface area (Å²) >= 11 is 0. The fourth-order valence-corrected chi connectivity index (χ4v) is 3.97. The van der Waals surface area contributed by atoms with Crippen molar-refractivity contribution in [2.24, 2.45) is 0 Å². The van der Waals surface area contributed by atoms with Gasteiger partial charge in [-0.25, -0.2) is 0 Å². The molecule has 0 spiro atoms. The zero-order chi connectivity index (χ0) is 23.4. The number of aryl methyl sites for hydroxylation is 1. The molecule has 0 bridgehead atoms. The van der Waals surface area contributed by atoms with Crippen LogP contribution in [0.4, 0.5) is 0 Å². The van der Waals surface area contributed by atoms with Gasteiger partial charge < -0.3 is 14.4 Å². The van der Waals surface area contributed by atoms with Gasteiger partial charge in [-0.05, 0) is 68.6 Å². The van der Waals surface area contributed by atoms with E-state index >= 15 is 0 Å². The summed E-state index contributed by atoms with van der Waals surface area (Å²) in [5.41, 5.74) is 4.36. The van der Waals surface area contributed by atoms with Crippen molar-refractivity contribution < 1.29 is 19.2 Å². The summed E-state index contributed by atoms with van der Waals surface area (Å²) in [6.07, 6.45) is 2.00. The number of nitriles is 1. The number of carboxylic acid groups (broad SMARTS) is 1. The summed E-state index contributed by atoms with van der Waals surface area (Å²) in [4.78, 5) is 17.6. The van der Waals surface area contributed by atoms with Gasteiger partial charge in [0.05, 0.1) is 18.1 Å². The largest absolute Gasteiger partial charge is 0.490 e. The Morgan fingerprint density at radius 1 is 1.24 bits per heavy atom. The normalized spacial score (nSPS) is 13.9. The lowest BCUT2D eigenvalue weighted by molar-refractivity contribution is -0.137. The van der Waals surface area contributed by atoms with Gasteiger partial charge in [0.1, 0.15) is 11.8 Å². The number of nitrogens with zero attached hydrogens (tertiary/aromatic N) is 4. The Labute approximate surface area is 192 Å². The Morgan fingerprint density at radius 3 is 2.82 bits per heavy atom. The van der Waals surface area contributed by atoms with Crippen LogP contribution < -0.4 is 4.74 Å². The quantitative estimate of drug-likeness (QED) is 0.572. The van der Waals surface area contributed by atoms with Gasteiger partial charge in [-0.2, -0.15) is 10.2 Å². The molecule has 0 saturated carbocycles. The molecule has 0 unspecified atom stereocenters. The zero-order valence-corrected chi connectivity index (χ0v) is 18.7. The van der Waals surface area contributed by atoms with E-state index in [2.05, 4.69) is 33.2 Å². The molecule has 2 aromatic carbocycles. The van der Waals surface area contributed by atoms with E-state index in [4.69, 9.17) is 14.4 Å². The first-order valence-corrected chi connectivity index (χ1v) is 11.0. The summed E-state index contributed by atoms with van der Waals surface area (Å²) < 4.78 is 11.2. The number of carboxylic acids is 1. The lowest BCUT2D eigenvalue weighted by Crippen LogP contribution is -2.26. The minimum atomic E-state index is -0.772. The molecule has 0 radical (unpaired) electrons. The van der Waals surface area contributed by atoms with Crippen molar-refractivity contribution in [3.8, 4) is 34.7 Å². The van der Waals surface area contributed by atoms with Crippen LogP contribution in [0.1, 0.15) is 43.4 Å². The predicted molar refractivity (Wildman–Crippen MR) is 121 cm³/mol. The summed E-state index contributed by atoms with van der Waals surface area (Å²) in [6.45, 7) is 5.99. The maximum atomic E-state index is 10.9. The van der Waals surface area contributed by atoms with Crippen molar-refractivity contribution in [3.63, 3.8) is 0 Å². The molecular formula is C25H26N4O4. The molecular weight excluding hydrogens is 420 g/mol. The van der Waals surface area contributed by atoms with Gasteiger partial charge in [-0.3, -0.25) is 9.69 Å². The molecule has 170 valence electrons. The van der Waals surface area contributed by atoms with Crippen LogP contribution in [0.5, 0.6) is 5.75 Å². The van der Waals surface area contributed by atoms with Gasteiger partial charge in [-0.15, -0.1) is 0 Å². The zero-order valence-electron chi connectivity index (χ0n) is 18.7. The van der Waals surface area contributed by atoms with Crippen LogP contribution >= 0.6 is 0 Å². The van der Waals surface area contributed by atoms with Gasteiger partial charge in [0.2, 0.25) is 5.82 Å². The molecule has 0 fully saturated rings. The predicted octanol–water partition coefficient (Wildman–Crippen LogP) is 4.29. The number of aliphatic carboxylic acids is 1. The highest BCUT2D eigenvalue weighted by Gasteiger charge is 2.18. The Bertz CT molecular complexity index is 1200. The first-order chi connectivity index (χ1) is 15.9. The molecule has 1 aliphatic rings. The maximum Gasteiger partial charge on any atom is 0.304 e. The van der Waals surface area contributed by atoms with Crippen LogP contribution in [0, 0.1) is 11.3 Å². The van der Waals surface area contributed by atoms with Crippen LogP contribution in [0.2, 0.25) is 0 Å². The second-order valence-electron chi connectivity index (χ2n) is 8.42.